The predicted octanol–water partition coefficient (Wildman–Crippen LogP) is 4.25. The van der Waals surface area contributed by atoms with Crippen LogP contribution in [0.3, 0.4) is 0 Å². The maximum atomic E-state index is 15.3. The van der Waals surface area contributed by atoms with Gasteiger partial charge in [-0.1, -0.05) is 19.9 Å². The van der Waals surface area contributed by atoms with Crippen LogP contribution in [0.25, 0.3) is 28.0 Å². The highest BCUT2D eigenvalue weighted by Crippen LogP contribution is 2.35. The third-order valence-corrected chi connectivity index (χ3v) is 5.95. The summed E-state index contributed by atoms with van der Waals surface area (Å²) in [6, 6.07) is 7.01. The molecule has 2 bridgehead atoms. The van der Waals surface area contributed by atoms with Crippen molar-refractivity contribution in [3.05, 3.63) is 80.3 Å². The maximum absolute atomic E-state index is 15.3. The number of fused-ring (bicyclic) bond motifs is 5. The molecule has 1 N–H and O–H groups in total. The lowest BCUT2D eigenvalue weighted by molar-refractivity contribution is 0.306. The first-order valence-electron chi connectivity index (χ1n) is 11.1. The summed E-state index contributed by atoms with van der Waals surface area (Å²) < 4.78 is 37.3. The van der Waals surface area contributed by atoms with Crippen molar-refractivity contribution in [3.8, 4) is 22.7 Å². The highest BCUT2D eigenvalue weighted by molar-refractivity contribution is 5.81. The molecule has 9 heteroatoms. The molecule has 174 valence electrons. The smallest absolute Gasteiger partial charge is 0.334 e. The second-order valence-electron chi connectivity index (χ2n) is 8.56. The first-order chi connectivity index (χ1) is 16.4. The highest BCUT2D eigenvalue weighted by Gasteiger charge is 2.24. The van der Waals surface area contributed by atoms with Crippen LogP contribution < -0.4 is 16.0 Å². The van der Waals surface area contributed by atoms with Gasteiger partial charge >= 0.3 is 5.69 Å². The molecule has 1 aliphatic rings. The molecular weight excluding hydrogens is 442 g/mol. The number of pyridine rings is 2. The molecule has 0 spiro atoms. The van der Waals surface area contributed by atoms with Crippen molar-refractivity contribution in [2.24, 2.45) is 0 Å². The van der Waals surface area contributed by atoms with Crippen LogP contribution in [-0.4, -0.2) is 26.1 Å². The van der Waals surface area contributed by atoms with Crippen molar-refractivity contribution in [2.75, 3.05) is 6.61 Å². The van der Waals surface area contributed by atoms with Crippen molar-refractivity contribution in [1.82, 2.24) is 19.5 Å². The Balaban J connectivity index is 1.98. The summed E-state index contributed by atoms with van der Waals surface area (Å²) in [7, 11) is 0. The molecular formula is C25H22F2N4O3. The third kappa shape index (κ3) is 3.57. The Labute approximate surface area is 193 Å². The van der Waals surface area contributed by atoms with Crippen molar-refractivity contribution < 1.29 is 13.5 Å². The third-order valence-electron chi connectivity index (χ3n) is 5.95. The zero-order valence-corrected chi connectivity index (χ0v) is 18.7. The average molecular weight is 464 g/mol. The molecule has 0 saturated carbocycles. The van der Waals surface area contributed by atoms with E-state index >= 15 is 4.39 Å². The lowest BCUT2D eigenvalue weighted by atomic mass is 10.0. The Morgan fingerprint density at radius 2 is 1.94 bits per heavy atom. The number of aromatic amines is 1. The van der Waals surface area contributed by atoms with Gasteiger partial charge in [0.15, 0.2) is 11.5 Å². The van der Waals surface area contributed by atoms with Crippen LogP contribution in [0.1, 0.15) is 43.9 Å². The highest BCUT2D eigenvalue weighted by atomic mass is 19.1. The van der Waals surface area contributed by atoms with Crippen molar-refractivity contribution in [2.45, 2.75) is 39.0 Å². The van der Waals surface area contributed by atoms with Gasteiger partial charge in [-0.25, -0.2) is 23.1 Å². The molecule has 7 nitrogen and oxygen atoms in total. The number of aryl methyl sites for hydroxylation is 1. The van der Waals surface area contributed by atoms with Crippen LogP contribution in [0.5, 0.6) is 5.75 Å². The van der Waals surface area contributed by atoms with E-state index < -0.39 is 22.9 Å². The summed E-state index contributed by atoms with van der Waals surface area (Å²) in [5.41, 5.74) is -0.0923. The fourth-order valence-electron chi connectivity index (χ4n) is 4.36. The monoisotopic (exact) mass is 464 g/mol. The van der Waals surface area contributed by atoms with Gasteiger partial charge in [0.2, 0.25) is 0 Å². The number of halogens is 2. The second-order valence-corrected chi connectivity index (χ2v) is 8.56. The van der Waals surface area contributed by atoms with Gasteiger partial charge in [-0.3, -0.25) is 14.8 Å². The number of hydrogen-bond donors (Lipinski definition) is 1. The fraction of sp³-hybridized carbons (Fsp3) is 0.280. The van der Waals surface area contributed by atoms with E-state index in [-0.39, 0.29) is 34.0 Å². The van der Waals surface area contributed by atoms with Gasteiger partial charge < -0.3 is 4.74 Å². The van der Waals surface area contributed by atoms with Gasteiger partial charge in [-0.05, 0) is 55.0 Å². The van der Waals surface area contributed by atoms with Crippen molar-refractivity contribution >= 4 is 11.0 Å². The number of aromatic nitrogens is 4. The molecule has 3 aromatic heterocycles. The zero-order chi connectivity index (χ0) is 24.0. The van der Waals surface area contributed by atoms with E-state index in [0.29, 0.717) is 30.8 Å². The molecule has 0 radical (unpaired) electrons. The quantitative estimate of drug-likeness (QED) is 0.455. The molecule has 0 aliphatic carbocycles. The van der Waals surface area contributed by atoms with E-state index in [1.54, 1.807) is 12.3 Å². The lowest BCUT2D eigenvalue weighted by Crippen LogP contribution is -2.31. The SMILES string of the molecule is CC(C)c1nccc2c1-n1c(=O)[nH]c(=O)c3cc(F)c(nc31)-c1c(F)cccc1OCCCC2. The molecule has 4 heterocycles. The number of rotatable bonds is 1. The Kier molecular flexibility index (Phi) is 5.47. The minimum atomic E-state index is -0.900. The largest absolute Gasteiger partial charge is 0.493 e. The molecule has 1 aromatic carbocycles. The first-order valence-corrected chi connectivity index (χ1v) is 11.1. The molecule has 1 aliphatic heterocycles. The fourth-order valence-corrected chi connectivity index (χ4v) is 4.36. The summed E-state index contributed by atoms with van der Waals surface area (Å²) in [4.78, 5) is 36.9. The van der Waals surface area contributed by atoms with Gasteiger partial charge in [-0.15, -0.1) is 0 Å². The zero-order valence-electron chi connectivity index (χ0n) is 18.7. The molecule has 34 heavy (non-hydrogen) atoms. The van der Waals surface area contributed by atoms with Gasteiger partial charge in [0.05, 0.1) is 28.9 Å². The number of H-pyrrole nitrogens is 1. The van der Waals surface area contributed by atoms with Gasteiger partial charge in [0.1, 0.15) is 17.3 Å². The summed E-state index contributed by atoms with van der Waals surface area (Å²) >= 11 is 0. The molecule has 0 atom stereocenters. The van der Waals surface area contributed by atoms with Crippen LogP contribution in [0.15, 0.2) is 46.1 Å². The molecule has 0 amide bonds. The van der Waals surface area contributed by atoms with E-state index in [9.17, 15) is 14.0 Å². The van der Waals surface area contributed by atoms with Gasteiger partial charge in [-0.2, -0.15) is 0 Å². The van der Waals surface area contributed by atoms with Crippen molar-refractivity contribution in [3.63, 3.8) is 0 Å². The van der Waals surface area contributed by atoms with Crippen molar-refractivity contribution in [1.29, 1.82) is 0 Å². The van der Waals surface area contributed by atoms with E-state index in [2.05, 4.69) is 15.0 Å². The average Bonchev–Trinajstić information content (AvgIpc) is 2.80. The van der Waals surface area contributed by atoms with E-state index in [4.69, 9.17) is 4.74 Å². The van der Waals surface area contributed by atoms with Crippen LogP contribution in [0.2, 0.25) is 0 Å². The standard InChI is InChI=1S/C25H22F2N4O3/c1-13(2)20-22-14(9-10-28-20)6-3-4-11-34-18-8-5-7-16(26)19(18)21-17(27)12-15-23(29-21)31(22)25(33)30-24(15)32/h5,7-10,12-13H,3-4,6,11H2,1-2H3,(H,30,32,33). The number of ether oxygens (including phenoxy) is 1. The molecule has 4 aromatic rings. The molecule has 0 unspecified atom stereocenters. The molecule has 0 saturated heterocycles. The number of hydrogen-bond acceptors (Lipinski definition) is 5. The topological polar surface area (TPSA) is 89.9 Å². The summed E-state index contributed by atoms with van der Waals surface area (Å²) in [5.74, 6) is -1.53. The van der Waals surface area contributed by atoms with E-state index in [1.807, 2.05) is 19.9 Å². The Morgan fingerprint density at radius 3 is 2.74 bits per heavy atom. The van der Waals surface area contributed by atoms with E-state index in [0.717, 1.165) is 18.1 Å². The molecule has 5 rings (SSSR count). The Bertz CT molecular complexity index is 1540. The van der Waals surface area contributed by atoms with Crippen LogP contribution in [0.4, 0.5) is 8.78 Å². The molecule has 0 fully saturated rings. The number of benzene rings is 1. The number of nitrogens with zero attached hydrogens (tertiary/aromatic N) is 3. The first kappa shape index (κ1) is 21.9. The van der Waals surface area contributed by atoms with E-state index in [1.165, 1.54) is 16.7 Å². The minimum Gasteiger partial charge on any atom is -0.493 e. The number of nitrogens with one attached hydrogen (secondary N) is 1. The minimum absolute atomic E-state index is 0.0547. The Morgan fingerprint density at radius 1 is 1.12 bits per heavy atom. The summed E-state index contributed by atoms with van der Waals surface area (Å²) in [5, 5.41) is -0.126. The normalized spacial score (nSPS) is 13.6. The predicted molar refractivity (Wildman–Crippen MR) is 124 cm³/mol. The second kappa shape index (κ2) is 8.48. The van der Waals surface area contributed by atoms with Crippen LogP contribution >= 0.6 is 0 Å². The van der Waals surface area contributed by atoms with Crippen LogP contribution in [0, 0.1) is 11.6 Å². The van der Waals surface area contributed by atoms with Crippen LogP contribution in [-0.2, 0) is 6.42 Å². The lowest BCUT2D eigenvalue weighted by Gasteiger charge is -2.19. The summed E-state index contributed by atoms with van der Waals surface area (Å²) in [6.45, 7) is 4.19. The maximum Gasteiger partial charge on any atom is 0.334 e. The summed E-state index contributed by atoms with van der Waals surface area (Å²) in [6.07, 6.45) is 3.67. The van der Waals surface area contributed by atoms with Gasteiger partial charge in [0.25, 0.3) is 5.56 Å². The van der Waals surface area contributed by atoms with Gasteiger partial charge in [0, 0.05) is 6.20 Å². The Hall–Kier alpha value is -3.88.